The number of carbonyl (C=O) groups excluding carboxylic acids is 1. The monoisotopic (exact) mass is 304 g/mol. The van der Waals surface area contributed by atoms with E-state index in [1.165, 1.54) is 37.0 Å². The normalized spacial score (nSPS) is 30.0. The first-order valence-electron chi connectivity index (χ1n) is 8.35. The Kier molecular flexibility index (Phi) is 3.34. The minimum Gasteiger partial charge on any atom is -0.317 e. The maximum absolute atomic E-state index is 13.2. The summed E-state index contributed by atoms with van der Waals surface area (Å²) in [4.78, 5) is 16.7. The van der Waals surface area contributed by atoms with Crippen LogP contribution in [0.25, 0.3) is 0 Å². The van der Waals surface area contributed by atoms with Crippen LogP contribution in [-0.4, -0.2) is 22.4 Å². The molecule has 4 heteroatoms. The van der Waals surface area contributed by atoms with E-state index < -0.39 is 0 Å². The summed E-state index contributed by atoms with van der Waals surface area (Å²) in [6, 6.07) is 4.63. The number of rotatable bonds is 3. The average Bonchev–Trinajstić information content (AvgIpc) is 3.12. The molecule has 2 aliphatic carbocycles. The average molecular weight is 304 g/mol. The SMILES string of the molecule is CC(C1CCC1)N1C(=O)C2(CCCC2)NC1c1cccs1. The lowest BCUT2D eigenvalue weighted by Gasteiger charge is -2.39. The zero-order valence-electron chi connectivity index (χ0n) is 12.7. The predicted octanol–water partition coefficient (Wildman–Crippen LogP) is 3.68. The maximum Gasteiger partial charge on any atom is 0.244 e. The molecule has 1 aliphatic heterocycles. The summed E-state index contributed by atoms with van der Waals surface area (Å²) in [5.74, 6) is 1.08. The van der Waals surface area contributed by atoms with E-state index in [-0.39, 0.29) is 11.7 Å². The van der Waals surface area contributed by atoms with Crippen molar-refractivity contribution >= 4 is 17.2 Å². The highest BCUT2D eigenvalue weighted by atomic mass is 32.1. The van der Waals surface area contributed by atoms with Crippen LogP contribution in [0.4, 0.5) is 0 Å². The second-order valence-electron chi connectivity index (χ2n) is 7.00. The van der Waals surface area contributed by atoms with Gasteiger partial charge in [0.1, 0.15) is 6.17 Å². The molecule has 21 heavy (non-hydrogen) atoms. The van der Waals surface area contributed by atoms with E-state index in [4.69, 9.17) is 0 Å². The highest BCUT2D eigenvalue weighted by molar-refractivity contribution is 7.10. The Balaban J connectivity index is 1.67. The van der Waals surface area contributed by atoms with Gasteiger partial charge in [-0.3, -0.25) is 10.1 Å². The van der Waals surface area contributed by atoms with Gasteiger partial charge in [0.25, 0.3) is 0 Å². The van der Waals surface area contributed by atoms with Gasteiger partial charge >= 0.3 is 0 Å². The van der Waals surface area contributed by atoms with Crippen molar-refractivity contribution in [2.24, 2.45) is 5.92 Å². The van der Waals surface area contributed by atoms with Crippen LogP contribution in [0.3, 0.4) is 0 Å². The first kappa shape index (κ1) is 13.8. The second-order valence-corrected chi connectivity index (χ2v) is 7.97. The van der Waals surface area contributed by atoms with E-state index in [1.807, 2.05) is 0 Å². The summed E-state index contributed by atoms with van der Waals surface area (Å²) in [7, 11) is 0. The van der Waals surface area contributed by atoms with Crippen LogP contribution < -0.4 is 5.32 Å². The fraction of sp³-hybridized carbons (Fsp3) is 0.706. The number of nitrogens with zero attached hydrogens (tertiary/aromatic N) is 1. The van der Waals surface area contributed by atoms with Crippen LogP contribution in [0.5, 0.6) is 0 Å². The third-order valence-electron chi connectivity index (χ3n) is 5.88. The van der Waals surface area contributed by atoms with Gasteiger partial charge < -0.3 is 4.90 Å². The number of amides is 1. The lowest BCUT2D eigenvalue weighted by Crippen LogP contribution is -2.47. The van der Waals surface area contributed by atoms with Crippen LogP contribution >= 0.6 is 11.3 Å². The van der Waals surface area contributed by atoms with Crippen molar-refractivity contribution in [3.8, 4) is 0 Å². The van der Waals surface area contributed by atoms with Gasteiger partial charge in [0.15, 0.2) is 0 Å². The molecule has 1 amide bonds. The largest absolute Gasteiger partial charge is 0.317 e. The van der Waals surface area contributed by atoms with E-state index in [0.29, 0.717) is 17.9 Å². The minimum atomic E-state index is -0.257. The third kappa shape index (κ3) is 2.07. The van der Waals surface area contributed by atoms with Gasteiger partial charge in [-0.1, -0.05) is 25.3 Å². The molecule has 2 unspecified atom stereocenters. The lowest BCUT2D eigenvalue weighted by molar-refractivity contribution is -0.136. The Labute approximate surface area is 130 Å². The predicted molar refractivity (Wildman–Crippen MR) is 85.0 cm³/mol. The second kappa shape index (κ2) is 5.10. The molecule has 2 saturated carbocycles. The minimum absolute atomic E-state index is 0.103. The molecule has 1 aromatic heterocycles. The van der Waals surface area contributed by atoms with Gasteiger partial charge in [-0.25, -0.2) is 0 Å². The van der Waals surface area contributed by atoms with Gasteiger partial charge in [0.05, 0.1) is 5.54 Å². The molecule has 3 aliphatic rings. The van der Waals surface area contributed by atoms with Crippen LogP contribution in [0.15, 0.2) is 17.5 Å². The van der Waals surface area contributed by atoms with Crippen LogP contribution in [0.1, 0.15) is 62.9 Å². The Morgan fingerprint density at radius 2 is 2.10 bits per heavy atom. The molecule has 0 bridgehead atoms. The van der Waals surface area contributed by atoms with Crippen LogP contribution in [0, 0.1) is 5.92 Å². The van der Waals surface area contributed by atoms with Gasteiger partial charge in [-0.05, 0) is 50.0 Å². The fourth-order valence-corrected chi connectivity index (χ4v) is 5.09. The molecule has 2 heterocycles. The van der Waals surface area contributed by atoms with E-state index in [1.54, 1.807) is 11.3 Å². The van der Waals surface area contributed by atoms with Crippen molar-refractivity contribution < 1.29 is 4.79 Å². The molecule has 114 valence electrons. The smallest absolute Gasteiger partial charge is 0.244 e. The third-order valence-corrected chi connectivity index (χ3v) is 6.80. The van der Waals surface area contributed by atoms with Crippen molar-refractivity contribution in [3.63, 3.8) is 0 Å². The Morgan fingerprint density at radius 1 is 1.33 bits per heavy atom. The molecule has 1 aromatic rings. The van der Waals surface area contributed by atoms with E-state index >= 15 is 0 Å². The topological polar surface area (TPSA) is 32.3 Å². The first-order chi connectivity index (χ1) is 10.2. The van der Waals surface area contributed by atoms with Gasteiger partial charge in [-0.15, -0.1) is 11.3 Å². The van der Waals surface area contributed by atoms with E-state index in [2.05, 4.69) is 34.7 Å². The molecular formula is C17H24N2OS. The molecule has 1 saturated heterocycles. The zero-order valence-corrected chi connectivity index (χ0v) is 13.5. The van der Waals surface area contributed by atoms with E-state index in [0.717, 1.165) is 12.8 Å². The van der Waals surface area contributed by atoms with Gasteiger partial charge in [0, 0.05) is 10.9 Å². The fourth-order valence-electron chi connectivity index (χ4n) is 4.32. The molecule has 3 fully saturated rings. The Bertz CT molecular complexity index is 517. The molecule has 4 rings (SSSR count). The standard InChI is InChI=1S/C17H24N2OS/c1-12(13-6-4-7-13)19-15(14-8-5-11-21-14)18-17(16(19)20)9-2-3-10-17/h5,8,11-13,15,18H,2-4,6-7,9-10H2,1H3. The Hall–Kier alpha value is -0.870. The summed E-state index contributed by atoms with van der Waals surface area (Å²) in [6.07, 6.45) is 8.40. The summed E-state index contributed by atoms with van der Waals surface area (Å²) < 4.78 is 0. The first-order valence-corrected chi connectivity index (χ1v) is 9.23. The number of hydrogen-bond donors (Lipinski definition) is 1. The number of nitrogens with one attached hydrogen (secondary N) is 1. The highest BCUT2D eigenvalue weighted by Gasteiger charge is 2.55. The van der Waals surface area contributed by atoms with Crippen molar-refractivity contribution in [2.45, 2.75) is 69.6 Å². The summed E-state index contributed by atoms with van der Waals surface area (Å²) in [5, 5.41) is 5.86. The molecule has 2 atom stereocenters. The van der Waals surface area contributed by atoms with Gasteiger partial charge in [0.2, 0.25) is 5.91 Å². The molecular weight excluding hydrogens is 280 g/mol. The Morgan fingerprint density at radius 3 is 2.67 bits per heavy atom. The molecule has 1 spiro atoms. The number of carbonyl (C=O) groups is 1. The number of hydrogen-bond acceptors (Lipinski definition) is 3. The van der Waals surface area contributed by atoms with Crippen molar-refractivity contribution in [1.29, 1.82) is 0 Å². The molecule has 3 nitrogen and oxygen atoms in total. The lowest BCUT2D eigenvalue weighted by atomic mass is 9.79. The quantitative estimate of drug-likeness (QED) is 0.924. The van der Waals surface area contributed by atoms with Crippen molar-refractivity contribution in [1.82, 2.24) is 10.2 Å². The highest BCUT2D eigenvalue weighted by Crippen LogP contribution is 2.45. The van der Waals surface area contributed by atoms with Crippen LogP contribution in [-0.2, 0) is 4.79 Å². The summed E-state index contributed by atoms with van der Waals surface area (Å²) >= 11 is 1.77. The summed E-state index contributed by atoms with van der Waals surface area (Å²) in [6.45, 7) is 2.26. The van der Waals surface area contributed by atoms with Crippen molar-refractivity contribution in [3.05, 3.63) is 22.4 Å². The van der Waals surface area contributed by atoms with Crippen LogP contribution in [0.2, 0.25) is 0 Å². The van der Waals surface area contributed by atoms with Gasteiger partial charge in [-0.2, -0.15) is 0 Å². The van der Waals surface area contributed by atoms with E-state index in [9.17, 15) is 4.79 Å². The zero-order chi connectivity index (χ0) is 14.4. The summed E-state index contributed by atoms with van der Waals surface area (Å²) in [5.41, 5.74) is -0.257. The molecule has 0 aromatic carbocycles. The van der Waals surface area contributed by atoms with Crippen molar-refractivity contribution in [2.75, 3.05) is 0 Å². The molecule has 1 N–H and O–H groups in total. The maximum atomic E-state index is 13.2. The number of thiophene rings is 1. The molecule has 0 radical (unpaired) electrons.